The molecule has 28 heavy (non-hydrogen) atoms. The Morgan fingerprint density at radius 1 is 1.11 bits per heavy atom. The van der Waals surface area contributed by atoms with Crippen molar-refractivity contribution in [2.45, 2.75) is 6.42 Å². The minimum atomic E-state index is -0.594. The van der Waals surface area contributed by atoms with Crippen molar-refractivity contribution in [1.29, 1.82) is 0 Å². The molecule has 0 fully saturated rings. The highest BCUT2D eigenvalue weighted by molar-refractivity contribution is 5.89. The molecule has 1 amide bonds. The Kier molecular flexibility index (Phi) is 6.51. The number of fused-ring (bicyclic) bond motifs is 1. The van der Waals surface area contributed by atoms with Gasteiger partial charge >= 0.3 is 5.97 Å². The van der Waals surface area contributed by atoms with Crippen molar-refractivity contribution in [2.75, 3.05) is 27.1 Å². The number of benzene rings is 2. The second-order valence-electron chi connectivity index (χ2n) is 6.00. The minimum absolute atomic E-state index is 0.193. The lowest BCUT2D eigenvalue weighted by atomic mass is 10.1. The zero-order valence-electron chi connectivity index (χ0n) is 15.5. The molecule has 1 heterocycles. The summed E-state index contributed by atoms with van der Waals surface area (Å²) in [6.45, 7) is 0.320. The fraction of sp³-hybridized carbons (Fsp3) is 0.238. The maximum Gasteiger partial charge on any atom is 0.331 e. The molecule has 1 aliphatic rings. The van der Waals surface area contributed by atoms with Gasteiger partial charge in [0.05, 0.1) is 7.11 Å². The van der Waals surface area contributed by atoms with Gasteiger partial charge in [-0.05, 0) is 47.9 Å². The first-order valence-electron chi connectivity index (χ1n) is 8.78. The topological polar surface area (TPSA) is 83.1 Å². The van der Waals surface area contributed by atoms with Crippen LogP contribution in [0.25, 0.3) is 6.08 Å². The van der Waals surface area contributed by atoms with Crippen LogP contribution >= 0.6 is 0 Å². The van der Waals surface area contributed by atoms with Gasteiger partial charge in [-0.2, -0.15) is 0 Å². The highest BCUT2D eigenvalue weighted by Gasteiger charge is 2.12. The van der Waals surface area contributed by atoms with Crippen LogP contribution in [0, 0.1) is 0 Å². The molecular formula is C21H21NO6. The molecule has 0 bridgehead atoms. The predicted molar refractivity (Wildman–Crippen MR) is 102 cm³/mol. The first-order chi connectivity index (χ1) is 13.6. The second-order valence-corrected chi connectivity index (χ2v) is 6.00. The van der Waals surface area contributed by atoms with E-state index in [1.165, 1.54) is 6.08 Å². The first kappa shape index (κ1) is 19.3. The fourth-order valence-corrected chi connectivity index (χ4v) is 2.56. The third-order valence-electron chi connectivity index (χ3n) is 4.05. The van der Waals surface area contributed by atoms with Gasteiger partial charge in [-0.15, -0.1) is 0 Å². The zero-order chi connectivity index (χ0) is 19.8. The number of carbonyl (C=O) groups excluding carboxylic acids is 2. The maximum absolute atomic E-state index is 11.8. The largest absolute Gasteiger partial charge is 0.497 e. The molecular weight excluding hydrogens is 362 g/mol. The van der Waals surface area contributed by atoms with E-state index in [0.29, 0.717) is 24.5 Å². The number of ether oxygens (including phenoxy) is 4. The molecule has 1 aliphatic heterocycles. The Labute approximate surface area is 162 Å². The summed E-state index contributed by atoms with van der Waals surface area (Å²) in [5.41, 5.74) is 1.84. The van der Waals surface area contributed by atoms with E-state index < -0.39 is 5.97 Å². The van der Waals surface area contributed by atoms with E-state index in [9.17, 15) is 9.59 Å². The van der Waals surface area contributed by atoms with Gasteiger partial charge in [-0.3, -0.25) is 4.79 Å². The molecule has 146 valence electrons. The normalized spacial score (nSPS) is 12.0. The van der Waals surface area contributed by atoms with E-state index in [0.717, 1.165) is 16.9 Å². The monoisotopic (exact) mass is 383 g/mol. The lowest BCUT2D eigenvalue weighted by Gasteiger charge is -2.06. The Bertz CT molecular complexity index is 860. The van der Waals surface area contributed by atoms with Gasteiger partial charge in [0.1, 0.15) is 5.75 Å². The van der Waals surface area contributed by atoms with Gasteiger partial charge < -0.3 is 24.3 Å². The average molecular weight is 383 g/mol. The molecule has 0 atom stereocenters. The summed E-state index contributed by atoms with van der Waals surface area (Å²) < 4.78 is 20.5. The van der Waals surface area contributed by atoms with Crippen LogP contribution < -0.4 is 19.5 Å². The number of rotatable bonds is 8. The van der Waals surface area contributed by atoms with Crippen LogP contribution in [0.15, 0.2) is 48.5 Å². The van der Waals surface area contributed by atoms with Crippen LogP contribution in [0.2, 0.25) is 0 Å². The summed E-state index contributed by atoms with van der Waals surface area (Å²) in [4.78, 5) is 23.5. The Morgan fingerprint density at radius 2 is 1.89 bits per heavy atom. The smallest absolute Gasteiger partial charge is 0.331 e. The average Bonchev–Trinajstić information content (AvgIpc) is 3.19. The van der Waals surface area contributed by atoms with Crippen LogP contribution in [-0.4, -0.2) is 38.9 Å². The van der Waals surface area contributed by atoms with E-state index in [1.807, 2.05) is 24.3 Å². The number of nitrogens with one attached hydrogen (secondary N) is 1. The quantitative estimate of drug-likeness (QED) is 0.557. The number of amides is 1. The number of carbonyl (C=O) groups is 2. The Balaban J connectivity index is 1.36. The lowest BCUT2D eigenvalue weighted by molar-refractivity contribution is -0.143. The molecule has 0 saturated heterocycles. The van der Waals surface area contributed by atoms with E-state index in [4.69, 9.17) is 18.9 Å². The van der Waals surface area contributed by atoms with Gasteiger partial charge in [-0.1, -0.05) is 18.2 Å². The number of hydrogen-bond donors (Lipinski definition) is 1. The Morgan fingerprint density at radius 3 is 2.68 bits per heavy atom. The number of hydrogen-bond acceptors (Lipinski definition) is 6. The van der Waals surface area contributed by atoms with Gasteiger partial charge in [-0.25, -0.2) is 4.79 Å². The molecule has 0 radical (unpaired) electrons. The van der Waals surface area contributed by atoms with Crippen molar-refractivity contribution < 1.29 is 28.5 Å². The Hall–Kier alpha value is -3.48. The maximum atomic E-state index is 11.8. The molecule has 0 unspecified atom stereocenters. The third-order valence-corrected chi connectivity index (χ3v) is 4.05. The number of methoxy groups -OCH3 is 1. The van der Waals surface area contributed by atoms with E-state index in [2.05, 4.69) is 5.32 Å². The second kappa shape index (κ2) is 9.45. The van der Waals surface area contributed by atoms with E-state index >= 15 is 0 Å². The standard InChI is InChI=1S/C21H21NO6/c1-25-17-6-2-15(3-7-17)10-11-22-20(23)13-26-21(24)9-5-16-4-8-18-19(12-16)28-14-27-18/h2-9,12H,10-11,13-14H2,1H3,(H,22,23)/b9-5+. The van der Waals surface area contributed by atoms with Crippen molar-refractivity contribution in [1.82, 2.24) is 5.32 Å². The summed E-state index contributed by atoms with van der Waals surface area (Å²) in [5, 5.41) is 2.72. The molecule has 0 aromatic heterocycles. The fourth-order valence-electron chi connectivity index (χ4n) is 2.56. The molecule has 7 heteroatoms. The van der Waals surface area contributed by atoms with Crippen LogP contribution in [-0.2, 0) is 20.7 Å². The van der Waals surface area contributed by atoms with E-state index in [-0.39, 0.29) is 19.3 Å². The van der Waals surface area contributed by atoms with Crippen molar-refractivity contribution in [3.05, 3.63) is 59.7 Å². The van der Waals surface area contributed by atoms with Crippen LogP contribution in [0.4, 0.5) is 0 Å². The highest BCUT2D eigenvalue weighted by atomic mass is 16.7. The van der Waals surface area contributed by atoms with Gasteiger partial charge in [0.2, 0.25) is 6.79 Å². The molecule has 1 N–H and O–H groups in total. The molecule has 3 rings (SSSR count). The van der Waals surface area contributed by atoms with E-state index in [1.54, 1.807) is 31.4 Å². The lowest BCUT2D eigenvalue weighted by Crippen LogP contribution is -2.30. The minimum Gasteiger partial charge on any atom is -0.497 e. The van der Waals surface area contributed by atoms with Crippen molar-refractivity contribution in [2.24, 2.45) is 0 Å². The van der Waals surface area contributed by atoms with Crippen molar-refractivity contribution in [3.63, 3.8) is 0 Å². The zero-order valence-corrected chi connectivity index (χ0v) is 15.5. The molecule has 0 saturated carbocycles. The highest BCUT2D eigenvalue weighted by Crippen LogP contribution is 2.32. The molecule has 7 nitrogen and oxygen atoms in total. The molecule has 0 aliphatic carbocycles. The summed E-state index contributed by atoms with van der Waals surface area (Å²) >= 11 is 0. The summed E-state index contributed by atoms with van der Waals surface area (Å²) in [6, 6.07) is 12.9. The summed E-state index contributed by atoms with van der Waals surface area (Å²) in [7, 11) is 1.61. The molecule has 2 aromatic carbocycles. The number of esters is 1. The third kappa shape index (κ3) is 5.51. The predicted octanol–water partition coefficient (Wildman–Crippen LogP) is 2.34. The molecule has 2 aromatic rings. The summed E-state index contributed by atoms with van der Waals surface area (Å²) in [5.74, 6) is 1.15. The van der Waals surface area contributed by atoms with Crippen LogP contribution in [0.1, 0.15) is 11.1 Å². The van der Waals surface area contributed by atoms with Crippen molar-refractivity contribution >= 4 is 18.0 Å². The molecule has 0 spiro atoms. The van der Waals surface area contributed by atoms with Crippen molar-refractivity contribution in [3.8, 4) is 17.2 Å². The van der Waals surface area contributed by atoms with Gasteiger partial charge in [0.15, 0.2) is 18.1 Å². The van der Waals surface area contributed by atoms with Crippen LogP contribution in [0.5, 0.6) is 17.2 Å². The van der Waals surface area contributed by atoms with Gasteiger partial charge in [0.25, 0.3) is 5.91 Å². The van der Waals surface area contributed by atoms with Gasteiger partial charge in [0, 0.05) is 12.6 Å². The first-order valence-corrected chi connectivity index (χ1v) is 8.78. The van der Waals surface area contributed by atoms with Crippen LogP contribution in [0.3, 0.4) is 0 Å². The summed E-state index contributed by atoms with van der Waals surface area (Å²) in [6.07, 6.45) is 3.53. The SMILES string of the molecule is COc1ccc(CCNC(=O)COC(=O)/C=C/c2ccc3c(c2)OCO3)cc1.